The van der Waals surface area contributed by atoms with E-state index in [-0.39, 0.29) is 22.8 Å². The lowest BCUT2D eigenvalue weighted by atomic mass is 9.80. The highest BCUT2D eigenvalue weighted by atomic mass is 16.7. The van der Waals surface area contributed by atoms with E-state index in [2.05, 4.69) is 6.92 Å². The molecule has 0 spiro atoms. The van der Waals surface area contributed by atoms with E-state index < -0.39 is 19.2 Å². The highest BCUT2D eigenvalue weighted by Gasteiger charge is 2.34. The molecule has 1 aliphatic rings. The molecule has 1 aliphatic heterocycles. The SMILES string of the molecule is CCCCCOc1ccc2c(c1C(=O)O)O[B-](O)(O)CO2. The summed E-state index contributed by atoms with van der Waals surface area (Å²) in [5.41, 5.74) is -0.266. The minimum Gasteiger partial charge on any atom is -0.665 e. The molecule has 3 N–H and O–H groups in total. The number of fused-ring (bicyclic) bond motifs is 1. The second kappa shape index (κ2) is 6.23. The summed E-state index contributed by atoms with van der Waals surface area (Å²) in [5, 5.41) is 28.3. The predicted octanol–water partition coefficient (Wildman–Crippen LogP) is 1.19. The summed E-state index contributed by atoms with van der Waals surface area (Å²) in [6.07, 6.45) is 2.81. The third-order valence-corrected chi connectivity index (χ3v) is 3.07. The first-order valence-corrected chi connectivity index (χ1v) is 6.90. The molecule has 21 heavy (non-hydrogen) atoms. The van der Waals surface area contributed by atoms with Crippen molar-refractivity contribution in [1.29, 1.82) is 0 Å². The monoisotopic (exact) mass is 297 g/mol. The maximum atomic E-state index is 11.4. The van der Waals surface area contributed by atoms with Gasteiger partial charge in [0.1, 0.15) is 17.1 Å². The minimum atomic E-state index is -3.22. The summed E-state index contributed by atoms with van der Waals surface area (Å²) in [4.78, 5) is 11.4. The normalized spacial score (nSPS) is 15.6. The van der Waals surface area contributed by atoms with Crippen molar-refractivity contribution in [2.75, 3.05) is 13.1 Å². The van der Waals surface area contributed by atoms with E-state index in [1.165, 1.54) is 12.1 Å². The van der Waals surface area contributed by atoms with Crippen LogP contribution in [0.5, 0.6) is 17.2 Å². The van der Waals surface area contributed by atoms with Crippen LogP contribution in [-0.2, 0) is 0 Å². The van der Waals surface area contributed by atoms with Crippen LogP contribution >= 0.6 is 0 Å². The van der Waals surface area contributed by atoms with Crippen LogP contribution in [0.4, 0.5) is 0 Å². The van der Waals surface area contributed by atoms with Gasteiger partial charge >= 0.3 is 12.7 Å². The maximum Gasteiger partial charge on any atom is 0.467 e. The average molecular weight is 297 g/mol. The van der Waals surface area contributed by atoms with Crippen molar-refractivity contribution in [3.63, 3.8) is 0 Å². The molecule has 116 valence electrons. The lowest BCUT2D eigenvalue weighted by Gasteiger charge is -2.37. The van der Waals surface area contributed by atoms with Crippen molar-refractivity contribution in [2.45, 2.75) is 26.2 Å². The maximum absolute atomic E-state index is 11.4. The van der Waals surface area contributed by atoms with Gasteiger partial charge in [-0.2, -0.15) is 0 Å². The molecule has 0 saturated carbocycles. The Hall–Kier alpha value is -1.93. The van der Waals surface area contributed by atoms with E-state index >= 15 is 0 Å². The summed E-state index contributed by atoms with van der Waals surface area (Å²) in [6, 6.07) is 2.97. The number of aromatic carboxylic acids is 1. The topological polar surface area (TPSA) is 105 Å². The molecule has 1 aromatic carbocycles. The van der Waals surface area contributed by atoms with E-state index in [0.29, 0.717) is 6.61 Å². The molecule has 7 nitrogen and oxygen atoms in total. The fourth-order valence-electron chi connectivity index (χ4n) is 2.05. The van der Waals surface area contributed by atoms with Gasteiger partial charge in [-0.25, -0.2) is 4.79 Å². The van der Waals surface area contributed by atoms with Gasteiger partial charge in [0.25, 0.3) is 0 Å². The Morgan fingerprint density at radius 2 is 2.14 bits per heavy atom. The molecule has 0 fully saturated rings. The molecule has 0 unspecified atom stereocenters. The van der Waals surface area contributed by atoms with Crippen LogP contribution in [0.3, 0.4) is 0 Å². The Kier molecular flexibility index (Phi) is 4.59. The van der Waals surface area contributed by atoms with Gasteiger partial charge in [-0.3, -0.25) is 0 Å². The van der Waals surface area contributed by atoms with E-state index in [9.17, 15) is 19.9 Å². The fraction of sp³-hybridized carbons (Fsp3) is 0.462. The third-order valence-electron chi connectivity index (χ3n) is 3.07. The Morgan fingerprint density at radius 3 is 2.81 bits per heavy atom. The van der Waals surface area contributed by atoms with Gasteiger partial charge in [-0.05, 0) is 18.6 Å². The Labute approximate surface area is 122 Å². The zero-order chi connectivity index (χ0) is 15.5. The van der Waals surface area contributed by atoms with Crippen LogP contribution in [0.1, 0.15) is 36.5 Å². The van der Waals surface area contributed by atoms with Gasteiger partial charge in [0.2, 0.25) is 0 Å². The van der Waals surface area contributed by atoms with Gasteiger partial charge in [0.15, 0.2) is 5.75 Å². The van der Waals surface area contributed by atoms with Crippen molar-refractivity contribution < 1.29 is 34.1 Å². The number of benzene rings is 1. The first-order valence-electron chi connectivity index (χ1n) is 6.90. The smallest absolute Gasteiger partial charge is 0.467 e. The summed E-state index contributed by atoms with van der Waals surface area (Å²) < 4.78 is 15.5. The fourth-order valence-corrected chi connectivity index (χ4v) is 2.05. The van der Waals surface area contributed by atoms with Gasteiger partial charge in [-0.15, -0.1) is 0 Å². The zero-order valence-corrected chi connectivity index (χ0v) is 11.7. The van der Waals surface area contributed by atoms with E-state index in [0.717, 1.165) is 19.3 Å². The molecule has 1 heterocycles. The Bertz CT molecular complexity index is 529. The van der Waals surface area contributed by atoms with Crippen LogP contribution in [0.2, 0.25) is 0 Å². The molecule has 0 bridgehead atoms. The van der Waals surface area contributed by atoms with E-state index in [4.69, 9.17) is 14.1 Å². The van der Waals surface area contributed by atoms with Crippen molar-refractivity contribution in [2.24, 2.45) is 0 Å². The van der Waals surface area contributed by atoms with Crippen LogP contribution in [0.15, 0.2) is 12.1 Å². The Morgan fingerprint density at radius 1 is 1.38 bits per heavy atom. The minimum absolute atomic E-state index is 0.120. The number of rotatable bonds is 6. The number of carboxylic acids is 1. The van der Waals surface area contributed by atoms with Crippen LogP contribution in [0, 0.1) is 0 Å². The lowest BCUT2D eigenvalue weighted by molar-refractivity contribution is 0.0685. The number of carbonyl (C=O) groups is 1. The first-order chi connectivity index (χ1) is 9.94. The van der Waals surface area contributed by atoms with Gasteiger partial charge < -0.3 is 29.3 Å². The average Bonchev–Trinajstić information content (AvgIpc) is 2.41. The van der Waals surface area contributed by atoms with Crippen molar-refractivity contribution >= 4 is 12.7 Å². The first kappa shape index (κ1) is 15.5. The number of hydrogen-bond donors (Lipinski definition) is 3. The lowest BCUT2D eigenvalue weighted by Crippen LogP contribution is -2.51. The Balaban J connectivity index is 2.28. The molecule has 2 rings (SSSR count). The summed E-state index contributed by atoms with van der Waals surface area (Å²) in [5.74, 6) is -1.23. The molecule has 0 atom stereocenters. The van der Waals surface area contributed by atoms with Crippen LogP contribution in [-0.4, -0.2) is 41.0 Å². The highest BCUT2D eigenvalue weighted by molar-refractivity contribution is 6.58. The highest BCUT2D eigenvalue weighted by Crippen LogP contribution is 2.41. The predicted molar refractivity (Wildman–Crippen MR) is 74.7 cm³/mol. The molecule has 0 aromatic heterocycles. The number of hydrogen-bond acceptors (Lipinski definition) is 6. The third kappa shape index (κ3) is 3.59. The van der Waals surface area contributed by atoms with Gasteiger partial charge in [0.05, 0.1) is 13.1 Å². The summed E-state index contributed by atoms with van der Waals surface area (Å²) >= 11 is 0. The summed E-state index contributed by atoms with van der Waals surface area (Å²) in [7, 11) is 0. The second-order valence-electron chi connectivity index (χ2n) is 4.91. The standard InChI is InChI=1S/C13H18BO7/c1-2-3-4-7-19-9-5-6-10-12(11(9)13(15)16)21-14(17,18)8-20-10/h5-6,17-18H,2-4,7-8H2,1H3,(H,15,16)/q-1. The largest absolute Gasteiger partial charge is 0.665 e. The number of unbranched alkanes of at least 4 members (excludes halogenated alkanes) is 2. The van der Waals surface area contributed by atoms with E-state index in [1.807, 2.05) is 0 Å². The summed E-state index contributed by atoms with van der Waals surface area (Å²) in [6.45, 7) is -1.23. The number of carboxylic acid groups (broad SMARTS) is 1. The molecule has 0 radical (unpaired) electrons. The van der Waals surface area contributed by atoms with Crippen molar-refractivity contribution in [3.05, 3.63) is 17.7 Å². The number of ether oxygens (including phenoxy) is 2. The van der Waals surface area contributed by atoms with Crippen LogP contribution in [0.25, 0.3) is 0 Å². The van der Waals surface area contributed by atoms with Gasteiger partial charge in [0, 0.05) is 0 Å². The molecule has 1 aromatic rings. The molecular formula is C13H18BO7-. The van der Waals surface area contributed by atoms with E-state index in [1.54, 1.807) is 0 Å². The van der Waals surface area contributed by atoms with Crippen molar-refractivity contribution in [1.82, 2.24) is 0 Å². The molecule has 0 saturated heterocycles. The molecule has 8 heteroatoms. The van der Waals surface area contributed by atoms with Gasteiger partial charge in [-0.1, -0.05) is 19.8 Å². The van der Waals surface area contributed by atoms with Crippen molar-refractivity contribution in [3.8, 4) is 17.2 Å². The second-order valence-corrected chi connectivity index (χ2v) is 4.91. The molecular weight excluding hydrogens is 279 g/mol. The molecule has 0 amide bonds. The molecule has 0 aliphatic carbocycles. The quantitative estimate of drug-likeness (QED) is 0.535. The zero-order valence-electron chi connectivity index (χ0n) is 11.7. The van der Waals surface area contributed by atoms with Crippen LogP contribution < -0.4 is 14.1 Å².